The Morgan fingerprint density at radius 1 is 1.11 bits per heavy atom. The summed E-state index contributed by atoms with van der Waals surface area (Å²) in [7, 11) is 6.16. The highest BCUT2D eigenvalue weighted by Crippen LogP contribution is 1.84. The monoisotopic (exact) mass is 176 g/mol. The van der Waals surface area contributed by atoms with Gasteiger partial charge < -0.3 is 9.59 Å². The largest absolute Gasteiger partial charge is 0.391 e. The van der Waals surface area contributed by atoms with Gasteiger partial charge in [0.05, 0.1) is 27.7 Å². The topological polar surface area (TPSA) is 20.2 Å². The van der Waals surface area contributed by atoms with Crippen molar-refractivity contribution < 1.29 is 9.59 Å². The second-order valence-corrected chi connectivity index (χ2v) is 2.74. The molecule has 0 aromatic carbocycles. The maximum atomic E-state index is 8.39. The number of hydrogen-bond acceptors (Lipinski definition) is 1. The molecule has 0 bridgehead atoms. The fourth-order valence-electron chi connectivity index (χ4n) is 0.300. The first-order valence-corrected chi connectivity index (χ1v) is 2.47. The van der Waals surface area contributed by atoms with Crippen LogP contribution < -0.4 is 0 Å². The van der Waals surface area contributed by atoms with Crippen molar-refractivity contribution in [2.45, 2.75) is 0 Å². The van der Waals surface area contributed by atoms with Crippen LogP contribution in [0.15, 0.2) is 0 Å². The van der Waals surface area contributed by atoms with Gasteiger partial charge in [0.1, 0.15) is 6.54 Å². The third-order valence-corrected chi connectivity index (χ3v) is 0.771. The van der Waals surface area contributed by atoms with Crippen LogP contribution in [0.1, 0.15) is 0 Å². The predicted molar refractivity (Wildman–Crippen MR) is 44.5 cm³/mol. The molecule has 0 heterocycles. The van der Waals surface area contributed by atoms with Crippen LogP contribution in [-0.4, -0.2) is 43.9 Å². The Hall–Kier alpha value is 0.500. The third kappa shape index (κ3) is 17.7. The van der Waals surface area contributed by atoms with Crippen LogP contribution in [-0.2, 0) is 0 Å². The molecule has 4 heteroatoms. The van der Waals surface area contributed by atoms with E-state index in [0.29, 0.717) is 0 Å². The van der Waals surface area contributed by atoms with Crippen LogP contribution in [0.2, 0.25) is 0 Å². The Bertz CT molecular complexity index is 53.4. The lowest BCUT2D eigenvalue weighted by molar-refractivity contribution is -0.870. The maximum absolute atomic E-state index is 8.39. The summed E-state index contributed by atoms with van der Waals surface area (Å²) in [5.41, 5.74) is 0. The van der Waals surface area contributed by atoms with E-state index in [2.05, 4.69) is 21.1 Å². The molecule has 0 aliphatic heterocycles. The SMILES string of the molecule is C[N+](C)(C)CCO.Cl.Cl. The standard InChI is InChI=1S/C5H14NO.2ClH/c1-6(2,3)4-5-7;;/h7H,4-5H2,1-3H3;2*1H/q+1;;. The van der Waals surface area contributed by atoms with E-state index in [1.165, 1.54) is 0 Å². The van der Waals surface area contributed by atoms with Gasteiger partial charge in [-0.3, -0.25) is 0 Å². The fraction of sp³-hybridized carbons (Fsp3) is 1.00. The summed E-state index contributed by atoms with van der Waals surface area (Å²) < 4.78 is 0.844. The minimum Gasteiger partial charge on any atom is -0.391 e. The lowest BCUT2D eigenvalue weighted by Crippen LogP contribution is -2.36. The van der Waals surface area contributed by atoms with E-state index < -0.39 is 0 Å². The molecule has 0 rings (SSSR count). The minimum atomic E-state index is 0. The minimum absolute atomic E-state index is 0. The first kappa shape index (κ1) is 16.2. The Morgan fingerprint density at radius 2 is 1.44 bits per heavy atom. The van der Waals surface area contributed by atoms with Gasteiger partial charge in [-0.05, 0) is 0 Å². The van der Waals surface area contributed by atoms with Crippen molar-refractivity contribution in [2.24, 2.45) is 0 Å². The highest BCUT2D eigenvalue weighted by atomic mass is 35.5. The molecule has 2 nitrogen and oxygen atoms in total. The highest BCUT2D eigenvalue weighted by molar-refractivity contribution is 5.85. The molecule has 1 N–H and O–H groups in total. The molecule has 0 aromatic heterocycles. The zero-order valence-corrected chi connectivity index (χ0v) is 7.76. The van der Waals surface area contributed by atoms with Gasteiger partial charge in [0, 0.05) is 0 Å². The van der Waals surface area contributed by atoms with Crippen molar-refractivity contribution in [3.8, 4) is 0 Å². The van der Waals surface area contributed by atoms with Gasteiger partial charge in [-0.15, -0.1) is 24.8 Å². The Kier molecular flexibility index (Phi) is 11.9. The van der Waals surface area contributed by atoms with E-state index in [4.69, 9.17) is 5.11 Å². The smallest absolute Gasteiger partial charge is 0.101 e. The van der Waals surface area contributed by atoms with Crippen molar-refractivity contribution in [3.05, 3.63) is 0 Å². The van der Waals surface area contributed by atoms with Gasteiger partial charge in [-0.2, -0.15) is 0 Å². The second kappa shape index (κ2) is 6.62. The highest BCUT2D eigenvalue weighted by Gasteiger charge is 2.02. The molecular weight excluding hydrogens is 161 g/mol. The van der Waals surface area contributed by atoms with E-state index in [1.54, 1.807) is 0 Å². The molecule has 0 radical (unpaired) electrons. The van der Waals surface area contributed by atoms with Crippen molar-refractivity contribution in [1.82, 2.24) is 0 Å². The zero-order valence-electron chi connectivity index (χ0n) is 6.13. The van der Waals surface area contributed by atoms with E-state index in [1.807, 2.05) is 0 Å². The number of halogens is 2. The molecule has 0 spiro atoms. The summed E-state index contributed by atoms with van der Waals surface area (Å²) in [4.78, 5) is 0. The number of aliphatic hydroxyl groups excluding tert-OH is 1. The Morgan fingerprint density at radius 3 is 1.44 bits per heavy atom. The predicted octanol–water partition coefficient (Wildman–Crippen LogP) is 0.528. The molecule has 0 atom stereocenters. The van der Waals surface area contributed by atoms with Crippen LogP contribution in [0.3, 0.4) is 0 Å². The molecule has 0 aliphatic rings. The fourth-order valence-corrected chi connectivity index (χ4v) is 0.300. The average Bonchev–Trinajstić information content (AvgIpc) is 1.30. The first-order valence-electron chi connectivity index (χ1n) is 2.47. The van der Waals surface area contributed by atoms with E-state index in [-0.39, 0.29) is 31.4 Å². The summed E-state index contributed by atoms with van der Waals surface area (Å²) >= 11 is 0. The van der Waals surface area contributed by atoms with Gasteiger partial charge in [0.15, 0.2) is 0 Å². The third-order valence-electron chi connectivity index (χ3n) is 0.771. The van der Waals surface area contributed by atoms with Crippen LogP contribution in [0, 0.1) is 0 Å². The molecule has 0 amide bonds. The van der Waals surface area contributed by atoms with Crippen molar-refractivity contribution in [2.75, 3.05) is 34.3 Å². The molecule has 0 fully saturated rings. The average molecular weight is 177 g/mol. The number of aliphatic hydroxyl groups is 1. The van der Waals surface area contributed by atoms with E-state index >= 15 is 0 Å². The van der Waals surface area contributed by atoms with Crippen molar-refractivity contribution in [1.29, 1.82) is 0 Å². The number of rotatable bonds is 2. The molecule has 9 heavy (non-hydrogen) atoms. The molecule has 0 aromatic rings. The van der Waals surface area contributed by atoms with Crippen LogP contribution in [0.4, 0.5) is 0 Å². The van der Waals surface area contributed by atoms with Gasteiger partial charge in [0.25, 0.3) is 0 Å². The summed E-state index contributed by atoms with van der Waals surface area (Å²) in [6, 6.07) is 0. The molecule has 60 valence electrons. The first-order chi connectivity index (χ1) is 3.06. The molecule has 0 aliphatic carbocycles. The van der Waals surface area contributed by atoms with Crippen LogP contribution in [0.5, 0.6) is 0 Å². The number of nitrogens with zero attached hydrogens (tertiary/aromatic N) is 1. The van der Waals surface area contributed by atoms with Crippen LogP contribution >= 0.6 is 24.8 Å². The van der Waals surface area contributed by atoms with Crippen molar-refractivity contribution >= 4 is 24.8 Å². The zero-order chi connectivity index (χ0) is 5.91. The lowest BCUT2D eigenvalue weighted by atomic mass is 10.5. The summed E-state index contributed by atoms with van der Waals surface area (Å²) in [5, 5.41) is 8.39. The molecular formula is C5H16Cl2NO+. The quantitative estimate of drug-likeness (QED) is 0.610. The van der Waals surface area contributed by atoms with Gasteiger partial charge in [0.2, 0.25) is 0 Å². The van der Waals surface area contributed by atoms with Gasteiger partial charge in [-0.1, -0.05) is 0 Å². The number of likely N-dealkylation sites (N-methyl/N-ethyl adjacent to an activating group) is 1. The van der Waals surface area contributed by atoms with Gasteiger partial charge >= 0.3 is 0 Å². The molecule has 0 unspecified atom stereocenters. The summed E-state index contributed by atoms with van der Waals surface area (Å²) in [5.74, 6) is 0. The van der Waals surface area contributed by atoms with E-state index in [9.17, 15) is 0 Å². The second-order valence-electron chi connectivity index (χ2n) is 2.74. The normalized spacial score (nSPS) is 9.33. The molecule has 0 saturated carbocycles. The summed E-state index contributed by atoms with van der Waals surface area (Å²) in [6.07, 6.45) is 0. The lowest BCUT2D eigenvalue weighted by Gasteiger charge is -2.21. The number of quaternary nitrogens is 1. The Labute approximate surface area is 69.3 Å². The van der Waals surface area contributed by atoms with Gasteiger partial charge in [-0.25, -0.2) is 0 Å². The van der Waals surface area contributed by atoms with Crippen LogP contribution in [0.25, 0.3) is 0 Å². The molecule has 0 saturated heterocycles. The maximum Gasteiger partial charge on any atom is 0.101 e. The van der Waals surface area contributed by atoms with Crippen molar-refractivity contribution in [3.63, 3.8) is 0 Å². The van der Waals surface area contributed by atoms with E-state index in [0.717, 1.165) is 11.0 Å². The number of hydrogen-bond donors (Lipinski definition) is 1. The Balaban J connectivity index is -0.000000180. The summed E-state index contributed by atoms with van der Waals surface area (Å²) in [6.45, 7) is 1.11.